The zero-order chi connectivity index (χ0) is 29.1. The molecule has 0 saturated heterocycles. The van der Waals surface area contributed by atoms with E-state index in [2.05, 4.69) is 9.47 Å². The minimum Gasteiger partial charge on any atom is -0.454 e. The van der Waals surface area contributed by atoms with Gasteiger partial charge in [-0.05, 0) is 75.9 Å². The van der Waals surface area contributed by atoms with Crippen LogP contribution in [-0.2, 0) is 14.2 Å². The number of halogens is 2. The summed E-state index contributed by atoms with van der Waals surface area (Å²) in [4.78, 5) is 0. The zero-order valence-corrected chi connectivity index (χ0v) is 24.8. The number of rotatable bonds is 12. The monoisotopic (exact) mass is 527 g/mol. The van der Waals surface area contributed by atoms with Gasteiger partial charge in [0.15, 0.2) is 11.6 Å². The Kier molecular flexibility index (Phi) is 29.9. The van der Waals surface area contributed by atoms with E-state index >= 15 is 0 Å². The van der Waals surface area contributed by atoms with Gasteiger partial charge in [-0.1, -0.05) is 39.8 Å². The predicted molar refractivity (Wildman–Crippen MR) is 153 cm³/mol. The number of methoxy groups -OCH3 is 2. The highest BCUT2D eigenvalue weighted by molar-refractivity contribution is 5.78. The van der Waals surface area contributed by atoms with Gasteiger partial charge in [0.1, 0.15) is 11.6 Å². The Morgan fingerprint density at radius 3 is 2.08 bits per heavy atom. The van der Waals surface area contributed by atoms with Gasteiger partial charge in [0, 0.05) is 46.2 Å². The number of nitrogens with one attached hydrogen (secondary N) is 1. The molecule has 0 heterocycles. The van der Waals surface area contributed by atoms with Gasteiger partial charge in [-0.25, -0.2) is 8.78 Å². The Balaban J connectivity index is -0.000000802. The predicted octanol–water partition coefficient (Wildman–Crippen LogP) is 8.81. The van der Waals surface area contributed by atoms with Crippen LogP contribution in [0, 0.1) is 11.2 Å². The van der Waals surface area contributed by atoms with E-state index in [0.29, 0.717) is 24.5 Å². The van der Waals surface area contributed by atoms with Crippen molar-refractivity contribution in [1.82, 2.24) is 0 Å². The molecule has 0 spiro atoms. The van der Waals surface area contributed by atoms with Crippen molar-refractivity contribution >= 4 is 5.71 Å². The normalized spacial score (nSPS) is 11.9. The molecule has 1 atom stereocenters. The van der Waals surface area contributed by atoms with Gasteiger partial charge in [-0.2, -0.15) is 0 Å². The lowest BCUT2D eigenvalue weighted by Gasteiger charge is -2.15. The molecule has 1 aromatic carbocycles. The van der Waals surface area contributed by atoms with Crippen molar-refractivity contribution in [3.63, 3.8) is 0 Å². The molecule has 214 valence electrons. The quantitative estimate of drug-likeness (QED) is 0.128. The van der Waals surface area contributed by atoms with E-state index in [-0.39, 0.29) is 17.5 Å². The minimum absolute atomic E-state index is 0.0969. The van der Waals surface area contributed by atoms with Gasteiger partial charge >= 0.3 is 0 Å². The number of ether oxygens (including phenoxy) is 4. The molecule has 7 heteroatoms. The van der Waals surface area contributed by atoms with E-state index in [0.717, 1.165) is 31.6 Å². The number of hydrogen-bond donors (Lipinski definition) is 1. The third-order valence-corrected chi connectivity index (χ3v) is 4.31. The molecule has 1 unspecified atom stereocenters. The highest BCUT2D eigenvalue weighted by Gasteiger charge is 2.14. The summed E-state index contributed by atoms with van der Waals surface area (Å²) in [5, 5.41) is 6.74. The number of allylic oxidation sites excluding steroid dienone is 5. The van der Waals surface area contributed by atoms with Gasteiger partial charge in [0.25, 0.3) is 0 Å². The molecule has 1 rings (SSSR count). The van der Waals surface area contributed by atoms with Gasteiger partial charge in [0.05, 0.1) is 6.61 Å². The van der Waals surface area contributed by atoms with Gasteiger partial charge in [-0.3, -0.25) is 0 Å². The Bertz CT molecular complexity index is 775. The second kappa shape index (κ2) is 28.2. The molecule has 37 heavy (non-hydrogen) atoms. The fourth-order valence-corrected chi connectivity index (χ4v) is 2.20. The smallest absolute Gasteiger partial charge is 0.165 e. The topological polar surface area (TPSA) is 60.8 Å². The summed E-state index contributed by atoms with van der Waals surface area (Å²) < 4.78 is 48.2. The van der Waals surface area contributed by atoms with Crippen LogP contribution in [0.4, 0.5) is 8.78 Å². The number of hydrogen-bond acceptors (Lipinski definition) is 5. The number of benzene rings is 1. The van der Waals surface area contributed by atoms with Crippen LogP contribution in [0.15, 0.2) is 54.1 Å². The Morgan fingerprint density at radius 2 is 1.65 bits per heavy atom. The summed E-state index contributed by atoms with van der Waals surface area (Å²) in [5.74, 6) is -0.409. The van der Waals surface area contributed by atoms with Crippen LogP contribution < -0.4 is 4.74 Å². The van der Waals surface area contributed by atoms with E-state index in [1.807, 2.05) is 34.6 Å². The molecule has 0 bridgehead atoms. The zero-order valence-electron chi connectivity index (χ0n) is 24.8. The van der Waals surface area contributed by atoms with E-state index in [4.69, 9.17) is 14.9 Å². The summed E-state index contributed by atoms with van der Waals surface area (Å²) >= 11 is 0. The summed E-state index contributed by atoms with van der Waals surface area (Å²) in [6, 6.07) is 4.45. The molecule has 0 aliphatic rings. The van der Waals surface area contributed by atoms with Gasteiger partial charge in [-0.15, -0.1) is 0 Å². The molecule has 0 fully saturated rings. The average molecular weight is 528 g/mol. The lowest BCUT2D eigenvalue weighted by molar-refractivity contribution is 0.123. The highest BCUT2D eigenvalue weighted by atomic mass is 19.1. The van der Waals surface area contributed by atoms with Crippen LogP contribution in [-0.4, -0.2) is 46.9 Å². The largest absolute Gasteiger partial charge is 0.454 e. The third-order valence-electron chi connectivity index (χ3n) is 4.31. The minimum atomic E-state index is -0.467. The SMILES string of the molecule is CCC(C)=N.CCOC.COC.C\C=C/C(Oc1ccc(F)c(C(C)COCCC)c1)=C(F)\C=C\CC. The first-order chi connectivity index (χ1) is 17.6. The molecule has 0 aliphatic heterocycles. The van der Waals surface area contributed by atoms with Crippen LogP contribution in [0.3, 0.4) is 0 Å². The van der Waals surface area contributed by atoms with Gasteiger partial charge in [0.2, 0.25) is 0 Å². The molecule has 0 aromatic heterocycles. The summed E-state index contributed by atoms with van der Waals surface area (Å²) in [6.45, 7) is 15.3. The average Bonchev–Trinajstić information content (AvgIpc) is 2.89. The molecule has 0 amide bonds. The Morgan fingerprint density at radius 1 is 1.08 bits per heavy atom. The molecule has 1 N–H and O–H groups in total. The van der Waals surface area contributed by atoms with Crippen molar-refractivity contribution in [2.24, 2.45) is 0 Å². The summed E-state index contributed by atoms with van der Waals surface area (Å²) in [5.41, 5.74) is 1.25. The fourth-order valence-electron chi connectivity index (χ4n) is 2.20. The molecule has 0 saturated carbocycles. The van der Waals surface area contributed by atoms with Crippen molar-refractivity contribution in [2.45, 2.75) is 73.6 Å². The Labute approximate surface area is 225 Å². The van der Waals surface area contributed by atoms with Crippen molar-refractivity contribution in [3.8, 4) is 5.75 Å². The van der Waals surface area contributed by atoms with E-state index < -0.39 is 5.83 Å². The maximum atomic E-state index is 14.2. The molecule has 0 aliphatic carbocycles. The van der Waals surface area contributed by atoms with Crippen LogP contribution >= 0.6 is 0 Å². The first kappa shape index (κ1) is 39.2. The second-order valence-corrected chi connectivity index (χ2v) is 7.90. The van der Waals surface area contributed by atoms with Crippen LogP contribution in [0.1, 0.15) is 79.2 Å². The lowest BCUT2D eigenvalue weighted by Crippen LogP contribution is -2.07. The third kappa shape index (κ3) is 23.8. The maximum absolute atomic E-state index is 14.2. The Hall–Kier alpha value is -2.35. The summed E-state index contributed by atoms with van der Waals surface area (Å²) in [6.07, 6.45) is 8.87. The van der Waals surface area contributed by atoms with E-state index in [1.165, 1.54) is 18.2 Å². The van der Waals surface area contributed by atoms with Crippen LogP contribution in [0.25, 0.3) is 0 Å². The standard InChI is InChI=1S/C21H28F2O2.C4H9N.C3H8O.C2H6O/c1-5-8-10-20(23)21(9-6-2)25-17-11-12-19(22)18(14-17)16(4)15-24-13-7-3;1-3-4(2)5;1-3-4-2;1-3-2/h6,8-12,14,16H,5,7,13,15H2,1-4H3;5H,3H2,1-2H3;3H2,1-2H3;1-2H3/b9-6-,10-8+,21-20-;;;. The van der Waals surface area contributed by atoms with Crippen LogP contribution in [0.2, 0.25) is 0 Å². The van der Waals surface area contributed by atoms with E-state index in [9.17, 15) is 8.78 Å². The van der Waals surface area contributed by atoms with Crippen molar-refractivity contribution in [2.75, 3.05) is 41.2 Å². The maximum Gasteiger partial charge on any atom is 0.165 e. The molecule has 1 aromatic rings. The first-order valence-corrected chi connectivity index (χ1v) is 12.8. The van der Waals surface area contributed by atoms with Gasteiger partial charge < -0.3 is 24.4 Å². The second-order valence-electron chi connectivity index (χ2n) is 7.90. The van der Waals surface area contributed by atoms with Crippen molar-refractivity contribution in [1.29, 1.82) is 5.41 Å². The molecular formula is C30H51F2NO4. The molecule has 5 nitrogen and oxygen atoms in total. The summed E-state index contributed by atoms with van der Waals surface area (Å²) in [7, 11) is 4.93. The fraction of sp³-hybridized carbons (Fsp3) is 0.567. The van der Waals surface area contributed by atoms with Crippen molar-refractivity contribution < 1.29 is 27.7 Å². The van der Waals surface area contributed by atoms with Crippen LogP contribution in [0.5, 0.6) is 5.75 Å². The molecular weight excluding hydrogens is 476 g/mol. The highest BCUT2D eigenvalue weighted by Crippen LogP contribution is 2.26. The molecule has 0 radical (unpaired) electrons. The van der Waals surface area contributed by atoms with E-state index in [1.54, 1.807) is 59.5 Å². The first-order valence-electron chi connectivity index (χ1n) is 12.8. The lowest BCUT2D eigenvalue weighted by atomic mass is 10.0. The van der Waals surface area contributed by atoms with Crippen molar-refractivity contribution in [3.05, 3.63) is 65.5 Å².